The van der Waals surface area contributed by atoms with Gasteiger partial charge >= 0.3 is 0 Å². The quantitative estimate of drug-likeness (QED) is 0.631. The summed E-state index contributed by atoms with van der Waals surface area (Å²) in [6, 6.07) is 4.92. The van der Waals surface area contributed by atoms with Gasteiger partial charge in [-0.2, -0.15) is 0 Å². The standard InChI is InChI=1S/C19H22N2O5S2/c1-10-11(2)20-26-18(10)17-12(3)27-13(4)19(17)28(22,23)21-15-9-14(24-5)7-8-16(15)25-6/h7-9,21H,1-6H3. The summed E-state index contributed by atoms with van der Waals surface area (Å²) in [5.74, 6) is 1.37. The maximum absolute atomic E-state index is 13.4. The molecule has 28 heavy (non-hydrogen) atoms. The SMILES string of the molecule is COc1ccc(OC)c(NS(=O)(=O)c2c(C)sc(C)c2-c2onc(C)c2C)c1. The Morgan fingerprint density at radius 2 is 1.79 bits per heavy atom. The molecule has 0 amide bonds. The van der Waals surface area contributed by atoms with Crippen molar-refractivity contribution in [2.24, 2.45) is 0 Å². The second-order valence-corrected chi connectivity index (χ2v) is 9.36. The van der Waals surface area contributed by atoms with E-state index in [-0.39, 0.29) is 4.90 Å². The van der Waals surface area contributed by atoms with Crippen LogP contribution in [0.15, 0.2) is 27.6 Å². The molecule has 0 saturated carbocycles. The first-order chi connectivity index (χ1) is 13.2. The summed E-state index contributed by atoms with van der Waals surface area (Å²) in [6.07, 6.45) is 0. The van der Waals surface area contributed by atoms with Crippen LogP contribution in [0.5, 0.6) is 11.5 Å². The first kappa shape index (κ1) is 20.2. The molecule has 3 aromatic rings. The topological polar surface area (TPSA) is 90.7 Å². The summed E-state index contributed by atoms with van der Waals surface area (Å²) in [5.41, 5.74) is 2.37. The Hall–Kier alpha value is -2.52. The molecular formula is C19H22N2O5S2. The molecule has 0 saturated heterocycles. The lowest BCUT2D eigenvalue weighted by molar-refractivity contribution is 0.405. The number of aromatic nitrogens is 1. The summed E-state index contributed by atoms with van der Waals surface area (Å²) in [4.78, 5) is 1.68. The summed E-state index contributed by atoms with van der Waals surface area (Å²) >= 11 is 1.40. The highest BCUT2D eigenvalue weighted by molar-refractivity contribution is 7.93. The fourth-order valence-corrected chi connectivity index (χ4v) is 5.90. The van der Waals surface area contributed by atoms with Gasteiger partial charge in [-0.1, -0.05) is 5.16 Å². The lowest BCUT2D eigenvalue weighted by atomic mass is 10.1. The van der Waals surface area contributed by atoms with E-state index in [9.17, 15) is 8.42 Å². The van der Waals surface area contributed by atoms with Crippen molar-refractivity contribution in [1.82, 2.24) is 5.16 Å². The van der Waals surface area contributed by atoms with Crippen LogP contribution in [0.3, 0.4) is 0 Å². The highest BCUT2D eigenvalue weighted by atomic mass is 32.2. The number of ether oxygens (including phenoxy) is 2. The Labute approximate surface area is 168 Å². The summed E-state index contributed by atoms with van der Waals surface area (Å²) < 4.78 is 45.3. The molecule has 0 atom stereocenters. The number of rotatable bonds is 6. The van der Waals surface area contributed by atoms with Gasteiger partial charge in [0, 0.05) is 21.4 Å². The van der Waals surface area contributed by atoms with Gasteiger partial charge in [0.2, 0.25) is 0 Å². The van der Waals surface area contributed by atoms with Crippen LogP contribution in [0.1, 0.15) is 21.0 Å². The first-order valence-corrected chi connectivity index (χ1v) is 10.8. The van der Waals surface area contributed by atoms with E-state index in [1.807, 2.05) is 20.8 Å². The number of aryl methyl sites for hydroxylation is 3. The zero-order chi connectivity index (χ0) is 20.6. The van der Waals surface area contributed by atoms with Gasteiger partial charge in [-0.3, -0.25) is 4.72 Å². The second kappa shape index (κ2) is 7.48. The predicted octanol–water partition coefficient (Wildman–Crippen LogP) is 4.45. The largest absolute Gasteiger partial charge is 0.497 e. The van der Waals surface area contributed by atoms with Gasteiger partial charge in [0.05, 0.1) is 31.2 Å². The van der Waals surface area contributed by atoms with Crippen LogP contribution in [0.2, 0.25) is 0 Å². The molecule has 3 rings (SSSR count). The molecule has 0 unspecified atom stereocenters. The number of sulfonamides is 1. The van der Waals surface area contributed by atoms with E-state index in [1.54, 1.807) is 25.1 Å². The zero-order valence-electron chi connectivity index (χ0n) is 16.5. The van der Waals surface area contributed by atoms with Gasteiger partial charge in [0.1, 0.15) is 16.4 Å². The van der Waals surface area contributed by atoms with Crippen LogP contribution in [-0.2, 0) is 10.0 Å². The molecule has 2 aromatic heterocycles. The van der Waals surface area contributed by atoms with E-state index in [2.05, 4.69) is 9.88 Å². The smallest absolute Gasteiger partial charge is 0.263 e. The number of methoxy groups -OCH3 is 2. The lowest BCUT2D eigenvalue weighted by Gasteiger charge is -2.14. The molecule has 0 bridgehead atoms. The number of benzene rings is 1. The van der Waals surface area contributed by atoms with Crippen molar-refractivity contribution in [3.05, 3.63) is 39.2 Å². The Kier molecular flexibility index (Phi) is 5.40. The fraction of sp³-hybridized carbons (Fsp3) is 0.316. The third-order valence-electron chi connectivity index (χ3n) is 4.51. The van der Waals surface area contributed by atoms with Crippen molar-refractivity contribution < 1.29 is 22.4 Å². The van der Waals surface area contributed by atoms with Crippen LogP contribution in [-0.4, -0.2) is 27.8 Å². The van der Waals surface area contributed by atoms with Gasteiger partial charge in [-0.25, -0.2) is 8.42 Å². The molecule has 1 N–H and O–H groups in total. The molecule has 0 spiro atoms. The maximum Gasteiger partial charge on any atom is 0.263 e. The van der Waals surface area contributed by atoms with E-state index in [0.29, 0.717) is 33.4 Å². The molecule has 0 aliphatic heterocycles. The highest BCUT2D eigenvalue weighted by Crippen LogP contribution is 2.42. The van der Waals surface area contributed by atoms with E-state index in [4.69, 9.17) is 14.0 Å². The van der Waals surface area contributed by atoms with Crippen LogP contribution in [0, 0.1) is 27.7 Å². The average molecular weight is 423 g/mol. The Bertz CT molecular complexity index is 1130. The van der Waals surface area contributed by atoms with E-state index in [1.165, 1.54) is 25.6 Å². The number of thiophene rings is 1. The molecule has 0 fully saturated rings. The van der Waals surface area contributed by atoms with Gasteiger partial charge in [-0.15, -0.1) is 11.3 Å². The van der Waals surface area contributed by atoms with Crippen molar-refractivity contribution in [2.75, 3.05) is 18.9 Å². The lowest BCUT2D eigenvalue weighted by Crippen LogP contribution is -2.15. The Morgan fingerprint density at radius 3 is 2.36 bits per heavy atom. The van der Waals surface area contributed by atoms with Gasteiger partial charge < -0.3 is 14.0 Å². The van der Waals surface area contributed by atoms with Crippen molar-refractivity contribution in [2.45, 2.75) is 32.6 Å². The molecule has 9 heteroatoms. The molecule has 0 aliphatic rings. The minimum Gasteiger partial charge on any atom is -0.497 e. The van der Waals surface area contributed by atoms with Gasteiger partial charge in [-0.05, 0) is 39.8 Å². The van der Waals surface area contributed by atoms with E-state index < -0.39 is 10.0 Å². The van der Waals surface area contributed by atoms with Gasteiger partial charge in [0.25, 0.3) is 10.0 Å². The summed E-state index contributed by atoms with van der Waals surface area (Å²) in [6.45, 7) is 7.33. The van der Waals surface area contributed by atoms with Crippen molar-refractivity contribution in [1.29, 1.82) is 0 Å². The van der Waals surface area contributed by atoms with Crippen LogP contribution in [0.4, 0.5) is 5.69 Å². The zero-order valence-corrected chi connectivity index (χ0v) is 18.2. The van der Waals surface area contributed by atoms with Crippen molar-refractivity contribution >= 4 is 27.0 Å². The molecule has 2 heterocycles. The molecule has 1 aromatic carbocycles. The van der Waals surface area contributed by atoms with Crippen LogP contribution < -0.4 is 14.2 Å². The third-order valence-corrected chi connectivity index (χ3v) is 7.20. The highest BCUT2D eigenvalue weighted by Gasteiger charge is 2.30. The molecular weight excluding hydrogens is 400 g/mol. The molecule has 0 radical (unpaired) electrons. The number of hydrogen-bond acceptors (Lipinski definition) is 7. The van der Waals surface area contributed by atoms with Gasteiger partial charge in [0.15, 0.2) is 5.76 Å². The second-order valence-electron chi connectivity index (χ2n) is 6.31. The molecule has 7 nitrogen and oxygen atoms in total. The number of nitrogens with one attached hydrogen (secondary N) is 1. The average Bonchev–Trinajstić information content (AvgIpc) is 3.13. The Morgan fingerprint density at radius 1 is 1.07 bits per heavy atom. The van der Waals surface area contributed by atoms with Crippen molar-refractivity contribution in [3.63, 3.8) is 0 Å². The maximum atomic E-state index is 13.4. The molecule has 0 aliphatic carbocycles. The number of nitrogens with zero attached hydrogens (tertiary/aromatic N) is 1. The molecule has 150 valence electrons. The fourth-order valence-electron chi connectivity index (χ4n) is 2.99. The third kappa shape index (κ3) is 3.47. The summed E-state index contributed by atoms with van der Waals surface area (Å²) in [5, 5.41) is 3.98. The van der Waals surface area contributed by atoms with Crippen molar-refractivity contribution in [3.8, 4) is 22.8 Å². The minimum absolute atomic E-state index is 0.180. The monoisotopic (exact) mass is 422 g/mol. The predicted molar refractivity (Wildman–Crippen MR) is 109 cm³/mol. The minimum atomic E-state index is -3.93. The normalized spacial score (nSPS) is 11.5. The van der Waals surface area contributed by atoms with Crippen LogP contribution in [0.25, 0.3) is 11.3 Å². The Balaban J connectivity index is 2.15. The summed E-state index contributed by atoms with van der Waals surface area (Å²) in [7, 11) is -0.939. The van der Waals surface area contributed by atoms with Crippen LogP contribution >= 0.6 is 11.3 Å². The van der Waals surface area contributed by atoms with E-state index >= 15 is 0 Å². The number of anilines is 1. The van der Waals surface area contributed by atoms with E-state index in [0.717, 1.165) is 16.1 Å². The first-order valence-electron chi connectivity index (χ1n) is 8.47. The number of hydrogen-bond donors (Lipinski definition) is 1.